The van der Waals surface area contributed by atoms with Crippen LogP contribution in [0.3, 0.4) is 0 Å². The highest BCUT2D eigenvalue weighted by molar-refractivity contribution is 7.10. The van der Waals surface area contributed by atoms with Gasteiger partial charge in [-0.3, -0.25) is 4.79 Å². The Morgan fingerprint density at radius 2 is 1.89 bits per heavy atom. The maximum atomic E-state index is 13.7. The number of anilines is 1. The number of nitrogens with one attached hydrogen (secondary N) is 1. The SMILES string of the molecule is Cc1ccsc1CN(Cc1ccccc1)C(=O)CN(CC1CCCO1)C(=O)Nc1ccc(Cl)cc1Cl. The van der Waals surface area contributed by atoms with Crippen LogP contribution in [0.2, 0.25) is 10.0 Å². The van der Waals surface area contributed by atoms with Crippen LogP contribution in [-0.4, -0.2) is 47.5 Å². The Balaban J connectivity index is 1.53. The van der Waals surface area contributed by atoms with Gasteiger partial charge in [-0.1, -0.05) is 53.5 Å². The summed E-state index contributed by atoms with van der Waals surface area (Å²) in [5.41, 5.74) is 2.62. The lowest BCUT2D eigenvalue weighted by atomic mass is 10.2. The Labute approximate surface area is 225 Å². The van der Waals surface area contributed by atoms with E-state index in [-0.39, 0.29) is 18.6 Å². The molecule has 0 spiro atoms. The van der Waals surface area contributed by atoms with E-state index < -0.39 is 6.03 Å². The first-order valence-electron chi connectivity index (χ1n) is 11.9. The van der Waals surface area contributed by atoms with Crippen molar-refractivity contribution >= 4 is 52.2 Å². The molecule has 2 heterocycles. The summed E-state index contributed by atoms with van der Waals surface area (Å²) in [6.07, 6.45) is 1.68. The molecular weight excluding hydrogens is 517 g/mol. The van der Waals surface area contributed by atoms with E-state index in [0.717, 1.165) is 28.8 Å². The Morgan fingerprint density at radius 1 is 1.08 bits per heavy atom. The standard InChI is InChI=1S/C27H29Cl2N3O3S/c1-19-11-13-36-25(19)17-31(15-20-6-3-2-4-7-20)26(33)18-32(16-22-8-5-12-35-22)27(34)30-24-10-9-21(28)14-23(24)29/h2-4,6-7,9-11,13-14,22H,5,8,12,15-18H2,1H3,(H,30,34). The van der Waals surface area contributed by atoms with Gasteiger partial charge in [-0.15, -0.1) is 11.3 Å². The van der Waals surface area contributed by atoms with Gasteiger partial charge in [0, 0.05) is 29.6 Å². The third kappa shape index (κ3) is 7.23. The summed E-state index contributed by atoms with van der Waals surface area (Å²) in [5.74, 6) is -0.137. The Bertz CT molecular complexity index is 1180. The van der Waals surface area contributed by atoms with Gasteiger partial charge in [-0.2, -0.15) is 0 Å². The number of rotatable bonds is 9. The largest absolute Gasteiger partial charge is 0.376 e. The first-order chi connectivity index (χ1) is 17.4. The fourth-order valence-electron chi connectivity index (χ4n) is 4.08. The summed E-state index contributed by atoms with van der Waals surface area (Å²) in [6.45, 7) is 3.89. The molecule has 0 saturated carbocycles. The maximum absolute atomic E-state index is 13.7. The Hall–Kier alpha value is -2.58. The molecule has 0 radical (unpaired) electrons. The summed E-state index contributed by atoms with van der Waals surface area (Å²) in [4.78, 5) is 31.4. The van der Waals surface area contributed by atoms with Crippen molar-refractivity contribution in [3.63, 3.8) is 0 Å². The third-order valence-corrected chi connectivity index (χ3v) is 7.66. The molecule has 3 amide bonds. The van der Waals surface area contributed by atoms with E-state index in [1.807, 2.05) is 42.6 Å². The fourth-order valence-corrected chi connectivity index (χ4v) is 5.45. The Kier molecular flexibility index (Phi) is 9.26. The van der Waals surface area contributed by atoms with Crippen molar-refractivity contribution in [3.8, 4) is 0 Å². The average molecular weight is 547 g/mol. The lowest BCUT2D eigenvalue weighted by Crippen LogP contribution is -2.46. The first kappa shape index (κ1) is 26.5. The van der Waals surface area contributed by atoms with Crippen LogP contribution < -0.4 is 5.32 Å². The molecule has 1 saturated heterocycles. The number of carbonyl (C=O) groups excluding carboxylic acids is 2. The average Bonchev–Trinajstić information content (AvgIpc) is 3.52. The highest BCUT2D eigenvalue weighted by Gasteiger charge is 2.27. The van der Waals surface area contributed by atoms with Crippen LogP contribution in [0.25, 0.3) is 0 Å². The van der Waals surface area contributed by atoms with E-state index in [0.29, 0.717) is 42.0 Å². The predicted octanol–water partition coefficient (Wildman–Crippen LogP) is 6.61. The van der Waals surface area contributed by atoms with E-state index in [2.05, 4.69) is 11.4 Å². The summed E-state index contributed by atoms with van der Waals surface area (Å²) in [7, 11) is 0. The molecule has 1 aromatic heterocycles. The molecule has 0 bridgehead atoms. The second kappa shape index (κ2) is 12.6. The van der Waals surface area contributed by atoms with Gasteiger partial charge in [-0.05, 0) is 60.5 Å². The molecule has 4 rings (SSSR count). The highest BCUT2D eigenvalue weighted by Crippen LogP contribution is 2.26. The number of nitrogens with zero attached hydrogens (tertiary/aromatic N) is 2. The first-order valence-corrected chi connectivity index (χ1v) is 13.5. The van der Waals surface area contributed by atoms with E-state index in [1.165, 1.54) is 4.90 Å². The molecule has 190 valence electrons. The highest BCUT2D eigenvalue weighted by atomic mass is 35.5. The number of hydrogen-bond acceptors (Lipinski definition) is 4. The van der Waals surface area contributed by atoms with E-state index in [9.17, 15) is 9.59 Å². The third-order valence-electron chi connectivity index (χ3n) is 6.11. The summed E-state index contributed by atoms with van der Waals surface area (Å²) in [5, 5.41) is 5.67. The number of ether oxygens (including phenoxy) is 1. The molecule has 1 aliphatic heterocycles. The molecule has 3 aromatic rings. The zero-order chi connectivity index (χ0) is 25.5. The smallest absolute Gasteiger partial charge is 0.322 e. The summed E-state index contributed by atoms with van der Waals surface area (Å²) < 4.78 is 5.77. The maximum Gasteiger partial charge on any atom is 0.322 e. The fraction of sp³-hybridized carbons (Fsp3) is 0.333. The zero-order valence-electron chi connectivity index (χ0n) is 20.1. The van der Waals surface area contributed by atoms with E-state index in [1.54, 1.807) is 34.4 Å². The quantitative estimate of drug-likeness (QED) is 0.329. The number of thiophene rings is 1. The predicted molar refractivity (Wildman–Crippen MR) is 146 cm³/mol. The number of hydrogen-bond donors (Lipinski definition) is 1. The molecule has 1 N–H and O–H groups in total. The van der Waals surface area contributed by atoms with Crippen molar-refractivity contribution < 1.29 is 14.3 Å². The molecule has 0 aliphatic carbocycles. The van der Waals surface area contributed by atoms with Crippen LogP contribution in [-0.2, 0) is 22.6 Å². The number of carbonyl (C=O) groups is 2. The summed E-state index contributed by atoms with van der Waals surface area (Å²) >= 11 is 13.9. The molecule has 6 nitrogen and oxygen atoms in total. The Morgan fingerprint density at radius 3 is 2.56 bits per heavy atom. The number of benzene rings is 2. The van der Waals surface area contributed by atoms with Crippen molar-refractivity contribution in [1.29, 1.82) is 0 Å². The van der Waals surface area contributed by atoms with Crippen LogP contribution in [0.5, 0.6) is 0 Å². The van der Waals surface area contributed by atoms with Crippen molar-refractivity contribution in [2.45, 2.75) is 39.0 Å². The van der Waals surface area contributed by atoms with Gasteiger partial charge in [0.25, 0.3) is 0 Å². The van der Waals surface area contributed by atoms with Gasteiger partial charge in [0.1, 0.15) is 6.54 Å². The minimum absolute atomic E-state index is 0.0752. The minimum Gasteiger partial charge on any atom is -0.376 e. The normalized spacial score (nSPS) is 15.0. The van der Waals surface area contributed by atoms with Crippen LogP contribution in [0.4, 0.5) is 10.5 Å². The van der Waals surface area contributed by atoms with Gasteiger partial charge >= 0.3 is 6.03 Å². The van der Waals surface area contributed by atoms with Crippen molar-refractivity contribution in [3.05, 3.63) is 86.0 Å². The van der Waals surface area contributed by atoms with Crippen LogP contribution >= 0.6 is 34.5 Å². The molecule has 9 heteroatoms. The van der Waals surface area contributed by atoms with E-state index >= 15 is 0 Å². The van der Waals surface area contributed by atoms with Crippen LogP contribution in [0.1, 0.15) is 28.8 Å². The topological polar surface area (TPSA) is 61.9 Å². The van der Waals surface area contributed by atoms with Crippen molar-refractivity contribution in [2.75, 3.05) is 25.0 Å². The second-order valence-electron chi connectivity index (χ2n) is 8.83. The van der Waals surface area contributed by atoms with Gasteiger partial charge < -0.3 is 19.9 Å². The van der Waals surface area contributed by atoms with Crippen molar-refractivity contribution in [1.82, 2.24) is 9.80 Å². The lowest BCUT2D eigenvalue weighted by molar-refractivity contribution is -0.133. The number of aryl methyl sites for hydroxylation is 1. The van der Waals surface area contributed by atoms with Crippen LogP contribution in [0, 0.1) is 6.92 Å². The molecule has 1 fully saturated rings. The lowest BCUT2D eigenvalue weighted by Gasteiger charge is -2.29. The number of urea groups is 1. The summed E-state index contributed by atoms with van der Waals surface area (Å²) in [6, 6.07) is 16.4. The van der Waals surface area contributed by atoms with Gasteiger partial charge in [0.05, 0.1) is 23.4 Å². The monoisotopic (exact) mass is 545 g/mol. The molecule has 1 unspecified atom stereocenters. The van der Waals surface area contributed by atoms with Gasteiger partial charge in [-0.25, -0.2) is 4.79 Å². The van der Waals surface area contributed by atoms with Gasteiger partial charge in [0.2, 0.25) is 5.91 Å². The van der Waals surface area contributed by atoms with Gasteiger partial charge in [0.15, 0.2) is 0 Å². The minimum atomic E-state index is -0.407. The second-order valence-corrected chi connectivity index (χ2v) is 10.7. The molecular formula is C27H29Cl2N3O3S. The van der Waals surface area contributed by atoms with E-state index in [4.69, 9.17) is 27.9 Å². The molecule has 2 aromatic carbocycles. The number of amides is 3. The molecule has 36 heavy (non-hydrogen) atoms. The van der Waals surface area contributed by atoms with Crippen molar-refractivity contribution in [2.24, 2.45) is 0 Å². The van der Waals surface area contributed by atoms with Crippen LogP contribution in [0.15, 0.2) is 60.0 Å². The molecule has 1 aliphatic rings. The number of halogens is 2. The molecule has 1 atom stereocenters. The zero-order valence-corrected chi connectivity index (χ0v) is 22.4.